The highest BCUT2D eigenvalue weighted by molar-refractivity contribution is 7.13. The zero-order valence-electron chi connectivity index (χ0n) is 8.03. The minimum atomic E-state index is 0.827. The van der Waals surface area contributed by atoms with Crippen molar-refractivity contribution in [3.63, 3.8) is 0 Å². The van der Waals surface area contributed by atoms with Gasteiger partial charge in [0.25, 0.3) is 0 Å². The second-order valence-electron chi connectivity index (χ2n) is 3.02. The first kappa shape index (κ1) is 9.37. The first-order valence-corrected chi connectivity index (χ1v) is 5.42. The van der Waals surface area contributed by atoms with E-state index in [1.807, 2.05) is 18.6 Å². The minimum Gasteiger partial charge on any atom is -0.314 e. The molecule has 0 amide bonds. The van der Waals surface area contributed by atoms with Crippen molar-refractivity contribution in [3.05, 3.63) is 41.5 Å². The highest BCUT2D eigenvalue weighted by Crippen LogP contribution is 2.26. The predicted molar refractivity (Wildman–Crippen MR) is 60.3 cm³/mol. The summed E-state index contributed by atoms with van der Waals surface area (Å²) in [5.41, 5.74) is 4.28. The Labute approximate surface area is 87.6 Å². The van der Waals surface area contributed by atoms with Crippen LogP contribution in [0.15, 0.2) is 35.8 Å². The average Bonchev–Trinajstić information content (AvgIpc) is 2.68. The van der Waals surface area contributed by atoms with E-state index < -0.39 is 0 Å². The molecule has 0 fully saturated rings. The van der Waals surface area contributed by atoms with Crippen LogP contribution in [0.5, 0.6) is 0 Å². The van der Waals surface area contributed by atoms with Crippen molar-refractivity contribution in [2.75, 3.05) is 7.05 Å². The Kier molecular flexibility index (Phi) is 2.91. The van der Waals surface area contributed by atoms with Crippen molar-refractivity contribution in [1.82, 2.24) is 10.3 Å². The van der Waals surface area contributed by atoms with Crippen molar-refractivity contribution in [2.45, 2.75) is 6.54 Å². The lowest BCUT2D eigenvalue weighted by molar-refractivity contribution is 0.799. The molecule has 0 aliphatic rings. The van der Waals surface area contributed by atoms with Gasteiger partial charge in [0.05, 0.1) is 16.1 Å². The molecule has 0 saturated carbocycles. The van der Waals surface area contributed by atoms with Crippen molar-refractivity contribution < 1.29 is 0 Å². The molecule has 0 unspecified atom stereocenters. The van der Waals surface area contributed by atoms with Crippen LogP contribution in [-0.4, -0.2) is 12.0 Å². The van der Waals surface area contributed by atoms with Gasteiger partial charge >= 0.3 is 0 Å². The van der Waals surface area contributed by atoms with E-state index in [0.717, 1.165) is 12.2 Å². The van der Waals surface area contributed by atoms with Gasteiger partial charge in [0, 0.05) is 6.54 Å². The summed E-state index contributed by atoms with van der Waals surface area (Å²) < 4.78 is 0. The van der Waals surface area contributed by atoms with Crippen LogP contribution in [0.25, 0.3) is 10.4 Å². The molecule has 0 bridgehead atoms. The van der Waals surface area contributed by atoms with E-state index in [9.17, 15) is 0 Å². The van der Waals surface area contributed by atoms with Crippen LogP contribution in [0.2, 0.25) is 0 Å². The SMILES string of the molecule is CNCc1ncsc1-c1ccccc1. The van der Waals surface area contributed by atoms with Crippen LogP contribution in [0, 0.1) is 0 Å². The van der Waals surface area contributed by atoms with E-state index in [4.69, 9.17) is 0 Å². The van der Waals surface area contributed by atoms with Crippen molar-refractivity contribution in [1.29, 1.82) is 0 Å². The van der Waals surface area contributed by atoms with Gasteiger partial charge < -0.3 is 5.32 Å². The standard InChI is InChI=1S/C11H12N2S/c1-12-7-10-11(14-8-13-10)9-5-3-2-4-6-9/h2-6,8,12H,7H2,1H3. The van der Waals surface area contributed by atoms with E-state index in [-0.39, 0.29) is 0 Å². The second kappa shape index (κ2) is 4.35. The molecule has 1 N–H and O–H groups in total. The van der Waals surface area contributed by atoms with Crippen molar-refractivity contribution >= 4 is 11.3 Å². The van der Waals surface area contributed by atoms with Gasteiger partial charge in [-0.15, -0.1) is 11.3 Å². The normalized spacial score (nSPS) is 10.4. The fraction of sp³-hybridized carbons (Fsp3) is 0.182. The van der Waals surface area contributed by atoms with Gasteiger partial charge in [-0.2, -0.15) is 0 Å². The molecule has 1 aromatic heterocycles. The maximum absolute atomic E-state index is 4.34. The Hall–Kier alpha value is -1.19. The molecule has 0 radical (unpaired) electrons. The summed E-state index contributed by atoms with van der Waals surface area (Å²) in [5.74, 6) is 0. The van der Waals surface area contributed by atoms with Gasteiger partial charge in [0.1, 0.15) is 0 Å². The first-order chi connectivity index (χ1) is 6.92. The summed E-state index contributed by atoms with van der Waals surface area (Å²) >= 11 is 1.69. The number of hydrogen-bond donors (Lipinski definition) is 1. The zero-order chi connectivity index (χ0) is 9.80. The molecular weight excluding hydrogens is 192 g/mol. The molecule has 1 aromatic carbocycles. The molecule has 2 aromatic rings. The maximum atomic E-state index is 4.34. The number of rotatable bonds is 3. The number of nitrogens with zero attached hydrogens (tertiary/aromatic N) is 1. The number of aromatic nitrogens is 1. The highest BCUT2D eigenvalue weighted by atomic mass is 32.1. The third kappa shape index (κ3) is 1.84. The molecule has 0 saturated heterocycles. The van der Waals surface area contributed by atoms with Gasteiger partial charge in [0.15, 0.2) is 0 Å². The van der Waals surface area contributed by atoms with Crippen molar-refractivity contribution in [2.24, 2.45) is 0 Å². The van der Waals surface area contributed by atoms with Gasteiger partial charge in [0.2, 0.25) is 0 Å². The van der Waals surface area contributed by atoms with E-state index in [1.54, 1.807) is 11.3 Å². The summed E-state index contributed by atoms with van der Waals surface area (Å²) in [6.07, 6.45) is 0. The van der Waals surface area contributed by atoms with Crippen molar-refractivity contribution in [3.8, 4) is 10.4 Å². The molecule has 0 aliphatic carbocycles. The highest BCUT2D eigenvalue weighted by Gasteiger charge is 2.06. The summed E-state index contributed by atoms with van der Waals surface area (Å²) in [7, 11) is 1.94. The summed E-state index contributed by atoms with van der Waals surface area (Å²) in [6, 6.07) is 10.4. The van der Waals surface area contributed by atoms with E-state index >= 15 is 0 Å². The predicted octanol–water partition coefficient (Wildman–Crippen LogP) is 2.53. The average molecular weight is 204 g/mol. The lowest BCUT2D eigenvalue weighted by Gasteiger charge is -2.00. The smallest absolute Gasteiger partial charge is 0.0802 e. The fourth-order valence-corrected chi connectivity index (χ4v) is 2.21. The Morgan fingerprint density at radius 3 is 2.79 bits per heavy atom. The molecule has 0 atom stereocenters. The molecular formula is C11H12N2S. The number of benzene rings is 1. The Morgan fingerprint density at radius 2 is 2.07 bits per heavy atom. The number of nitrogens with one attached hydrogen (secondary N) is 1. The first-order valence-electron chi connectivity index (χ1n) is 4.54. The van der Waals surface area contributed by atoms with Gasteiger partial charge in [-0.25, -0.2) is 4.98 Å². The zero-order valence-corrected chi connectivity index (χ0v) is 8.84. The van der Waals surface area contributed by atoms with Crippen LogP contribution in [-0.2, 0) is 6.54 Å². The van der Waals surface area contributed by atoms with Gasteiger partial charge in [-0.05, 0) is 12.6 Å². The number of hydrogen-bond acceptors (Lipinski definition) is 3. The van der Waals surface area contributed by atoms with Crippen LogP contribution < -0.4 is 5.32 Å². The molecule has 0 spiro atoms. The quantitative estimate of drug-likeness (QED) is 0.831. The van der Waals surface area contributed by atoms with E-state index in [2.05, 4.69) is 34.6 Å². The molecule has 14 heavy (non-hydrogen) atoms. The molecule has 2 nitrogen and oxygen atoms in total. The molecule has 72 valence electrons. The van der Waals surface area contributed by atoms with E-state index in [1.165, 1.54) is 10.4 Å². The third-order valence-corrected chi connectivity index (χ3v) is 2.94. The van der Waals surface area contributed by atoms with Gasteiger partial charge in [-0.3, -0.25) is 0 Å². The Balaban J connectivity index is 2.37. The summed E-state index contributed by atoms with van der Waals surface area (Å²) in [5, 5.41) is 3.12. The molecule has 1 heterocycles. The molecule has 3 heteroatoms. The number of thiazole rings is 1. The van der Waals surface area contributed by atoms with Gasteiger partial charge in [-0.1, -0.05) is 30.3 Å². The molecule has 0 aliphatic heterocycles. The molecule has 2 rings (SSSR count). The largest absolute Gasteiger partial charge is 0.314 e. The lowest BCUT2D eigenvalue weighted by atomic mass is 10.1. The Bertz CT molecular complexity index is 395. The summed E-state index contributed by atoms with van der Waals surface area (Å²) in [6.45, 7) is 0.827. The third-order valence-electron chi connectivity index (χ3n) is 2.02. The van der Waals surface area contributed by atoms with E-state index in [0.29, 0.717) is 0 Å². The maximum Gasteiger partial charge on any atom is 0.0802 e. The summed E-state index contributed by atoms with van der Waals surface area (Å²) in [4.78, 5) is 5.60. The van der Waals surface area contributed by atoms with Crippen LogP contribution in [0.4, 0.5) is 0 Å². The Morgan fingerprint density at radius 1 is 1.29 bits per heavy atom. The fourth-order valence-electron chi connectivity index (χ4n) is 1.39. The van der Waals surface area contributed by atoms with Crippen LogP contribution in [0.1, 0.15) is 5.69 Å². The van der Waals surface area contributed by atoms with Crippen LogP contribution >= 0.6 is 11.3 Å². The topological polar surface area (TPSA) is 24.9 Å². The van der Waals surface area contributed by atoms with Crippen LogP contribution in [0.3, 0.4) is 0 Å². The lowest BCUT2D eigenvalue weighted by Crippen LogP contribution is -2.06. The monoisotopic (exact) mass is 204 g/mol. The second-order valence-corrected chi connectivity index (χ2v) is 3.88. The minimum absolute atomic E-state index is 0.827.